The van der Waals surface area contributed by atoms with Gasteiger partial charge in [-0.3, -0.25) is 4.79 Å². The Morgan fingerprint density at radius 1 is 1.57 bits per heavy atom. The summed E-state index contributed by atoms with van der Waals surface area (Å²) in [5.41, 5.74) is 0. The van der Waals surface area contributed by atoms with E-state index in [1.54, 1.807) is 0 Å². The van der Waals surface area contributed by atoms with Crippen LogP contribution in [0.15, 0.2) is 0 Å². The van der Waals surface area contributed by atoms with Gasteiger partial charge in [-0.1, -0.05) is 0 Å². The van der Waals surface area contributed by atoms with Crippen LogP contribution in [0.1, 0.15) is 26.2 Å². The fraction of sp³-hybridized carbons (Fsp3) is 0.900. The lowest BCUT2D eigenvalue weighted by Crippen LogP contribution is -2.44. The first-order chi connectivity index (χ1) is 6.68. The van der Waals surface area contributed by atoms with E-state index in [0.29, 0.717) is 19.0 Å². The van der Waals surface area contributed by atoms with E-state index in [-0.39, 0.29) is 11.9 Å². The third-order valence-corrected chi connectivity index (χ3v) is 3.21. The molecular weight excluding hydrogens is 183 g/mol. The fourth-order valence-corrected chi connectivity index (χ4v) is 2.34. The molecule has 80 valence electrons. The minimum absolute atomic E-state index is 0.0927. The molecule has 2 rings (SSSR count). The maximum atomic E-state index is 12.9. The van der Waals surface area contributed by atoms with E-state index in [2.05, 4.69) is 12.2 Å². The number of nitrogens with zero attached hydrogens (tertiary/aromatic N) is 1. The Bertz CT molecular complexity index is 234. The first kappa shape index (κ1) is 9.90. The molecule has 0 bridgehead atoms. The predicted octanol–water partition coefficient (Wildman–Crippen LogP) is 0.697. The molecule has 0 saturated carbocycles. The monoisotopic (exact) mass is 200 g/mol. The van der Waals surface area contributed by atoms with E-state index in [1.165, 1.54) is 0 Å². The third-order valence-electron chi connectivity index (χ3n) is 3.21. The highest BCUT2D eigenvalue weighted by atomic mass is 19.1. The van der Waals surface area contributed by atoms with Crippen molar-refractivity contribution in [3.63, 3.8) is 0 Å². The summed E-state index contributed by atoms with van der Waals surface area (Å²) in [4.78, 5) is 13.8. The molecule has 0 aromatic carbocycles. The topological polar surface area (TPSA) is 32.3 Å². The van der Waals surface area contributed by atoms with Crippen LogP contribution in [0.2, 0.25) is 0 Å². The van der Waals surface area contributed by atoms with Crippen molar-refractivity contribution in [3.8, 4) is 0 Å². The van der Waals surface area contributed by atoms with Gasteiger partial charge in [-0.05, 0) is 19.8 Å². The molecule has 2 aliphatic heterocycles. The zero-order valence-corrected chi connectivity index (χ0v) is 8.50. The van der Waals surface area contributed by atoms with Gasteiger partial charge in [0.25, 0.3) is 0 Å². The molecule has 3 atom stereocenters. The summed E-state index contributed by atoms with van der Waals surface area (Å²) in [6.45, 7) is 3.24. The summed E-state index contributed by atoms with van der Waals surface area (Å²) in [6, 6.07) is 0.0634. The van der Waals surface area contributed by atoms with Crippen LogP contribution in [-0.2, 0) is 4.79 Å². The average Bonchev–Trinajstić information content (AvgIpc) is 2.73. The first-order valence-corrected chi connectivity index (χ1v) is 5.36. The summed E-state index contributed by atoms with van der Waals surface area (Å²) >= 11 is 0. The van der Waals surface area contributed by atoms with Crippen molar-refractivity contribution in [3.05, 3.63) is 0 Å². The molecule has 0 aromatic heterocycles. The highest BCUT2D eigenvalue weighted by molar-refractivity contribution is 5.82. The van der Waals surface area contributed by atoms with Crippen molar-refractivity contribution in [2.75, 3.05) is 13.1 Å². The molecular formula is C10H17FN2O. The molecule has 1 unspecified atom stereocenters. The highest BCUT2D eigenvalue weighted by Gasteiger charge is 2.35. The van der Waals surface area contributed by atoms with Crippen molar-refractivity contribution in [1.29, 1.82) is 0 Å². The normalized spacial score (nSPS) is 37.9. The zero-order valence-electron chi connectivity index (χ0n) is 8.50. The molecule has 0 radical (unpaired) electrons. The summed E-state index contributed by atoms with van der Waals surface area (Å²) in [5, 5.41) is 2.94. The maximum absolute atomic E-state index is 12.9. The second-order valence-corrected chi connectivity index (χ2v) is 4.32. The van der Waals surface area contributed by atoms with Crippen molar-refractivity contribution in [2.45, 2.75) is 44.4 Å². The summed E-state index contributed by atoms with van der Waals surface area (Å²) in [6.07, 6.45) is 1.67. The van der Waals surface area contributed by atoms with Gasteiger partial charge >= 0.3 is 0 Å². The number of carbonyl (C=O) groups excluding carboxylic acids is 1. The lowest BCUT2D eigenvalue weighted by molar-refractivity contribution is -0.133. The van der Waals surface area contributed by atoms with E-state index >= 15 is 0 Å². The van der Waals surface area contributed by atoms with Gasteiger partial charge in [0.2, 0.25) is 5.91 Å². The van der Waals surface area contributed by atoms with Crippen LogP contribution in [0.4, 0.5) is 4.39 Å². The number of carbonyl (C=O) groups is 1. The number of likely N-dealkylation sites (tertiary alicyclic amines) is 1. The lowest BCUT2D eigenvalue weighted by Gasteiger charge is -2.24. The Labute approximate surface area is 83.6 Å². The molecule has 14 heavy (non-hydrogen) atoms. The van der Waals surface area contributed by atoms with E-state index in [9.17, 15) is 9.18 Å². The van der Waals surface area contributed by atoms with Crippen LogP contribution in [0.3, 0.4) is 0 Å². The van der Waals surface area contributed by atoms with Crippen molar-refractivity contribution in [2.24, 2.45) is 0 Å². The standard InChI is InChI=1S/C10H17FN2O/c1-7-3-2-4-13(7)10(14)9-5-8(11)6-12-9/h7-9,12H,2-6H2,1H3/t7?,8-,9+/m0/s1. The molecule has 0 aromatic rings. The first-order valence-electron chi connectivity index (χ1n) is 5.36. The molecule has 2 aliphatic rings. The smallest absolute Gasteiger partial charge is 0.240 e. The van der Waals surface area contributed by atoms with Crippen molar-refractivity contribution >= 4 is 5.91 Å². The molecule has 4 heteroatoms. The molecule has 2 heterocycles. The molecule has 3 nitrogen and oxygen atoms in total. The predicted molar refractivity (Wildman–Crippen MR) is 51.7 cm³/mol. The zero-order chi connectivity index (χ0) is 10.1. The molecule has 1 N–H and O–H groups in total. The Balaban J connectivity index is 1.94. The maximum Gasteiger partial charge on any atom is 0.240 e. The van der Waals surface area contributed by atoms with E-state index in [0.717, 1.165) is 19.4 Å². The second kappa shape index (κ2) is 3.85. The molecule has 0 aliphatic carbocycles. The fourth-order valence-electron chi connectivity index (χ4n) is 2.34. The van der Waals surface area contributed by atoms with E-state index in [1.807, 2.05) is 4.90 Å². The van der Waals surface area contributed by atoms with Crippen molar-refractivity contribution in [1.82, 2.24) is 10.2 Å². The van der Waals surface area contributed by atoms with Gasteiger partial charge in [0.1, 0.15) is 6.17 Å². The Hall–Kier alpha value is -0.640. The van der Waals surface area contributed by atoms with Crippen molar-refractivity contribution < 1.29 is 9.18 Å². The van der Waals surface area contributed by atoms with Crippen LogP contribution in [0, 0.1) is 0 Å². The van der Waals surface area contributed by atoms with Gasteiger partial charge in [-0.2, -0.15) is 0 Å². The Morgan fingerprint density at radius 2 is 2.36 bits per heavy atom. The van der Waals surface area contributed by atoms with Crippen LogP contribution < -0.4 is 5.32 Å². The number of hydrogen-bond acceptors (Lipinski definition) is 2. The highest BCUT2D eigenvalue weighted by Crippen LogP contribution is 2.20. The number of amides is 1. The summed E-state index contributed by atoms with van der Waals surface area (Å²) in [5.74, 6) is 0.0927. The Morgan fingerprint density at radius 3 is 2.86 bits per heavy atom. The minimum Gasteiger partial charge on any atom is -0.339 e. The van der Waals surface area contributed by atoms with Crippen LogP contribution in [0.25, 0.3) is 0 Å². The van der Waals surface area contributed by atoms with E-state index in [4.69, 9.17) is 0 Å². The lowest BCUT2D eigenvalue weighted by atomic mass is 10.2. The van der Waals surface area contributed by atoms with Gasteiger partial charge in [0, 0.05) is 25.6 Å². The second-order valence-electron chi connectivity index (χ2n) is 4.32. The largest absolute Gasteiger partial charge is 0.339 e. The number of halogens is 1. The van der Waals surface area contributed by atoms with Crippen LogP contribution >= 0.6 is 0 Å². The quantitative estimate of drug-likeness (QED) is 0.675. The van der Waals surface area contributed by atoms with E-state index < -0.39 is 6.17 Å². The molecule has 2 saturated heterocycles. The number of hydrogen-bond donors (Lipinski definition) is 1. The summed E-state index contributed by atoms with van der Waals surface area (Å²) < 4.78 is 12.9. The molecule has 0 spiro atoms. The average molecular weight is 200 g/mol. The van der Waals surface area contributed by atoms with Crippen LogP contribution in [-0.4, -0.2) is 42.2 Å². The van der Waals surface area contributed by atoms with Gasteiger partial charge in [-0.15, -0.1) is 0 Å². The van der Waals surface area contributed by atoms with Gasteiger partial charge in [0.15, 0.2) is 0 Å². The Kier molecular flexibility index (Phi) is 2.72. The minimum atomic E-state index is -0.846. The SMILES string of the molecule is CC1CCCN1C(=O)[C@H]1C[C@H](F)CN1. The molecule has 2 fully saturated rings. The number of nitrogens with one attached hydrogen (secondary N) is 1. The van der Waals surface area contributed by atoms with Crippen LogP contribution in [0.5, 0.6) is 0 Å². The third kappa shape index (κ3) is 1.75. The number of rotatable bonds is 1. The number of alkyl halides is 1. The molecule has 1 amide bonds. The van der Waals surface area contributed by atoms with Gasteiger partial charge in [-0.25, -0.2) is 4.39 Å². The van der Waals surface area contributed by atoms with Gasteiger partial charge in [0.05, 0.1) is 6.04 Å². The summed E-state index contributed by atoms with van der Waals surface area (Å²) in [7, 11) is 0. The van der Waals surface area contributed by atoms with Gasteiger partial charge < -0.3 is 10.2 Å².